The predicted octanol–water partition coefficient (Wildman–Crippen LogP) is 2.51. The molecule has 5 nitrogen and oxygen atoms in total. The van der Waals surface area contributed by atoms with Gasteiger partial charge in [0.15, 0.2) is 0 Å². The van der Waals surface area contributed by atoms with E-state index in [4.69, 9.17) is 4.52 Å². The molecule has 1 atom stereocenters. The first-order chi connectivity index (χ1) is 9.99. The van der Waals surface area contributed by atoms with Crippen molar-refractivity contribution in [2.75, 3.05) is 20.6 Å². The fraction of sp³-hybridized carbons (Fsp3) is 0.750. The largest absolute Gasteiger partial charge is 0.361 e. The normalized spacial score (nSPS) is 19.7. The van der Waals surface area contributed by atoms with E-state index in [0.717, 1.165) is 30.0 Å². The van der Waals surface area contributed by atoms with Crippen LogP contribution >= 0.6 is 0 Å². The van der Waals surface area contributed by atoms with Crippen LogP contribution in [0.4, 0.5) is 0 Å². The van der Waals surface area contributed by atoms with Crippen LogP contribution < -0.4 is 0 Å². The molecule has 1 fully saturated rings. The summed E-state index contributed by atoms with van der Waals surface area (Å²) >= 11 is 0. The molecule has 5 heteroatoms. The summed E-state index contributed by atoms with van der Waals surface area (Å²) in [5, 5.41) is 3.94. The molecule has 118 valence electrons. The van der Waals surface area contributed by atoms with Crippen LogP contribution in [-0.2, 0) is 11.3 Å². The van der Waals surface area contributed by atoms with Crippen LogP contribution in [0.25, 0.3) is 0 Å². The summed E-state index contributed by atoms with van der Waals surface area (Å²) in [6, 6.07) is 0.565. The van der Waals surface area contributed by atoms with Gasteiger partial charge in [0, 0.05) is 25.1 Å². The Labute approximate surface area is 127 Å². The van der Waals surface area contributed by atoms with Crippen molar-refractivity contribution in [1.29, 1.82) is 0 Å². The van der Waals surface area contributed by atoms with E-state index in [0.29, 0.717) is 19.0 Å². The lowest BCUT2D eigenvalue weighted by Gasteiger charge is -2.32. The molecule has 1 aliphatic rings. The number of rotatable bonds is 5. The number of amides is 1. The number of nitrogens with zero attached hydrogens (tertiary/aromatic N) is 3. The SMILES string of the molecule is Cc1noc(C)c1CN(C)C(=O)CC[C@H]1CCCCN1C. The second-order valence-corrected chi connectivity index (χ2v) is 6.22. The molecule has 1 aromatic heterocycles. The first kappa shape index (κ1) is 16.0. The summed E-state index contributed by atoms with van der Waals surface area (Å²) in [6.45, 7) is 5.56. The molecule has 0 aliphatic carbocycles. The quantitative estimate of drug-likeness (QED) is 0.837. The highest BCUT2D eigenvalue weighted by atomic mass is 16.5. The molecule has 1 amide bonds. The molecule has 2 rings (SSSR count). The second-order valence-electron chi connectivity index (χ2n) is 6.22. The summed E-state index contributed by atoms with van der Waals surface area (Å²) in [5.74, 6) is 1.01. The van der Waals surface area contributed by atoms with Crippen molar-refractivity contribution in [3.63, 3.8) is 0 Å². The number of aromatic nitrogens is 1. The maximum atomic E-state index is 12.3. The lowest BCUT2D eigenvalue weighted by Crippen LogP contribution is -2.37. The number of carbonyl (C=O) groups is 1. The van der Waals surface area contributed by atoms with Gasteiger partial charge >= 0.3 is 0 Å². The van der Waals surface area contributed by atoms with Gasteiger partial charge in [0.1, 0.15) is 5.76 Å². The van der Waals surface area contributed by atoms with Crippen molar-refractivity contribution in [1.82, 2.24) is 15.0 Å². The number of carbonyl (C=O) groups excluding carboxylic acids is 1. The molecule has 0 unspecified atom stereocenters. The third-order valence-corrected chi connectivity index (χ3v) is 4.62. The van der Waals surface area contributed by atoms with Crippen LogP contribution in [0, 0.1) is 13.8 Å². The second kappa shape index (κ2) is 7.07. The zero-order chi connectivity index (χ0) is 15.4. The molecule has 0 saturated carbocycles. The van der Waals surface area contributed by atoms with Gasteiger partial charge in [0.25, 0.3) is 0 Å². The molecule has 0 radical (unpaired) electrons. The Hall–Kier alpha value is -1.36. The molecule has 1 aromatic rings. The zero-order valence-electron chi connectivity index (χ0n) is 13.7. The average molecular weight is 293 g/mol. The smallest absolute Gasteiger partial charge is 0.222 e. The Kier molecular flexibility index (Phi) is 5.39. The molecule has 0 N–H and O–H groups in total. The van der Waals surface area contributed by atoms with Crippen molar-refractivity contribution in [2.24, 2.45) is 0 Å². The Bertz CT molecular complexity index is 464. The molecule has 1 aliphatic heterocycles. The summed E-state index contributed by atoms with van der Waals surface area (Å²) < 4.78 is 5.15. The highest BCUT2D eigenvalue weighted by Gasteiger charge is 2.21. The summed E-state index contributed by atoms with van der Waals surface area (Å²) in [6.07, 6.45) is 5.37. The van der Waals surface area contributed by atoms with E-state index in [1.165, 1.54) is 19.3 Å². The fourth-order valence-electron chi connectivity index (χ4n) is 3.04. The Morgan fingerprint density at radius 1 is 1.43 bits per heavy atom. The minimum atomic E-state index is 0.203. The van der Waals surface area contributed by atoms with E-state index in [-0.39, 0.29) is 5.91 Å². The Morgan fingerprint density at radius 3 is 2.81 bits per heavy atom. The van der Waals surface area contributed by atoms with Gasteiger partial charge in [-0.2, -0.15) is 0 Å². The van der Waals surface area contributed by atoms with Gasteiger partial charge in [-0.05, 0) is 46.7 Å². The molecule has 0 bridgehead atoms. The third-order valence-electron chi connectivity index (χ3n) is 4.62. The van der Waals surface area contributed by atoms with Gasteiger partial charge in [-0.15, -0.1) is 0 Å². The van der Waals surface area contributed by atoms with E-state index in [9.17, 15) is 4.79 Å². The van der Waals surface area contributed by atoms with E-state index in [2.05, 4.69) is 17.1 Å². The van der Waals surface area contributed by atoms with E-state index >= 15 is 0 Å². The summed E-state index contributed by atoms with van der Waals surface area (Å²) in [4.78, 5) is 16.5. The lowest BCUT2D eigenvalue weighted by molar-refractivity contribution is -0.130. The van der Waals surface area contributed by atoms with Crippen LogP contribution in [0.3, 0.4) is 0 Å². The van der Waals surface area contributed by atoms with E-state index in [1.54, 1.807) is 4.90 Å². The molecule has 21 heavy (non-hydrogen) atoms. The van der Waals surface area contributed by atoms with Crippen LogP contribution in [0.1, 0.15) is 49.1 Å². The van der Waals surface area contributed by atoms with Gasteiger partial charge in [-0.3, -0.25) is 4.79 Å². The first-order valence-corrected chi connectivity index (χ1v) is 7.85. The van der Waals surface area contributed by atoms with Crippen molar-refractivity contribution in [3.8, 4) is 0 Å². The van der Waals surface area contributed by atoms with Gasteiger partial charge in [0.05, 0.1) is 12.2 Å². The topological polar surface area (TPSA) is 49.6 Å². The van der Waals surface area contributed by atoms with E-state index < -0.39 is 0 Å². The van der Waals surface area contributed by atoms with Gasteiger partial charge in [0.2, 0.25) is 5.91 Å². The average Bonchev–Trinajstić information content (AvgIpc) is 2.78. The van der Waals surface area contributed by atoms with Crippen LogP contribution in [0.2, 0.25) is 0 Å². The van der Waals surface area contributed by atoms with Crippen LogP contribution in [0.5, 0.6) is 0 Å². The van der Waals surface area contributed by atoms with Crippen molar-refractivity contribution < 1.29 is 9.32 Å². The molecule has 0 spiro atoms. The number of aryl methyl sites for hydroxylation is 2. The van der Waals surface area contributed by atoms with Crippen LogP contribution in [-0.4, -0.2) is 47.5 Å². The molecule has 0 aromatic carbocycles. The molecular formula is C16H27N3O2. The van der Waals surface area contributed by atoms with Crippen molar-refractivity contribution >= 4 is 5.91 Å². The third kappa shape index (κ3) is 4.06. The van der Waals surface area contributed by atoms with Crippen LogP contribution in [0.15, 0.2) is 4.52 Å². The maximum Gasteiger partial charge on any atom is 0.222 e. The lowest BCUT2D eigenvalue weighted by atomic mass is 9.98. The number of hydrogen-bond acceptors (Lipinski definition) is 4. The van der Waals surface area contributed by atoms with E-state index in [1.807, 2.05) is 20.9 Å². The van der Waals surface area contributed by atoms with Gasteiger partial charge < -0.3 is 14.3 Å². The first-order valence-electron chi connectivity index (χ1n) is 7.85. The number of likely N-dealkylation sites (tertiary alicyclic amines) is 1. The van der Waals surface area contributed by atoms with Crippen molar-refractivity contribution in [2.45, 2.75) is 58.5 Å². The zero-order valence-corrected chi connectivity index (χ0v) is 13.7. The molecular weight excluding hydrogens is 266 g/mol. The monoisotopic (exact) mass is 293 g/mol. The maximum absolute atomic E-state index is 12.3. The van der Waals surface area contributed by atoms with Gasteiger partial charge in [-0.25, -0.2) is 0 Å². The standard InChI is InChI=1S/C16H27N3O2/c1-12-15(13(2)21-17-12)11-19(4)16(20)9-8-14-7-5-6-10-18(14)3/h14H,5-11H2,1-4H3/t14-/m1/s1. The van der Waals surface area contributed by atoms with Gasteiger partial charge in [-0.1, -0.05) is 11.6 Å². The Balaban J connectivity index is 1.82. The number of piperidine rings is 1. The highest BCUT2D eigenvalue weighted by Crippen LogP contribution is 2.20. The highest BCUT2D eigenvalue weighted by molar-refractivity contribution is 5.75. The predicted molar refractivity (Wildman–Crippen MR) is 82.0 cm³/mol. The minimum Gasteiger partial charge on any atom is -0.361 e. The van der Waals surface area contributed by atoms with Crippen molar-refractivity contribution in [3.05, 3.63) is 17.0 Å². The Morgan fingerprint density at radius 2 is 2.19 bits per heavy atom. The number of hydrogen-bond donors (Lipinski definition) is 0. The minimum absolute atomic E-state index is 0.203. The molecule has 1 saturated heterocycles. The summed E-state index contributed by atoms with van der Waals surface area (Å²) in [5.41, 5.74) is 1.90. The fourth-order valence-corrected chi connectivity index (χ4v) is 3.04. The molecule has 2 heterocycles. The summed E-state index contributed by atoms with van der Waals surface area (Å²) in [7, 11) is 4.03.